The van der Waals surface area contributed by atoms with Gasteiger partial charge in [0.2, 0.25) is 0 Å². The van der Waals surface area contributed by atoms with E-state index in [-0.39, 0.29) is 28.8 Å². The molecule has 25 heavy (non-hydrogen) atoms. The number of rotatable bonds is 3. The second kappa shape index (κ2) is 5.85. The quantitative estimate of drug-likeness (QED) is 0.331. The topological polar surface area (TPSA) is 47.9 Å². The largest absolute Gasteiger partial charge is 0.462 e. The fourth-order valence-corrected chi connectivity index (χ4v) is 6.67. The predicted molar refractivity (Wildman–Crippen MR) is 97.0 cm³/mol. The van der Waals surface area contributed by atoms with E-state index in [0.29, 0.717) is 17.8 Å². The molecule has 2 bridgehead atoms. The van der Waals surface area contributed by atoms with Crippen molar-refractivity contribution in [3.8, 4) is 0 Å². The maximum atomic E-state index is 12.5. The number of hydrogen-bond acceptors (Lipinski definition) is 4. The van der Waals surface area contributed by atoms with Crippen LogP contribution in [0.3, 0.4) is 0 Å². The van der Waals surface area contributed by atoms with E-state index in [0.717, 1.165) is 32.1 Å². The number of oxime groups is 1. The summed E-state index contributed by atoms with van der Waals surface area (Å²) in [6.07, 6.45) is 9.83. The Bertz CT molecular complexity index is 614. The van der Waals surface area contributed by atoms with E-state index in [2.05, 4.69) is 25.6 Å². The van der Waals surface area contributed by atoms with Crippen molar-refractivity contribution in [3.05, 3.63) is 12.2 Å². The minimum absolute atomic E-state index is 0.0137. The van der Waals surface area contributed by atoms with E-state index in [1.807, 2.05) is 6.21 Å². The second-order valence-electron chi connectivity index (χ2n) is 9.22. The highest BCUT2D eigenvalue weighted by molar-refractivity contribution is 5.76. The van der Waals surface area contributed by atoms with Crippen LogP contribution in [0.5, 0.6) is 0 Å². The average Bonchev–Trinajstić information content (AvgIpc) is 3.08. The summed E-state index contributed by atoms with van der Waals surface area (Å²) in [7, 11) is 1.61. The van der Waals surface area contributed by atoms with Gasteiger partial charge in [-0.05, 0) is 67.6 Å². The van der Waals surface area contributed by atoms with Gasteiger partial charge in [-0.1, -0.05) is 31.2 Å². The third-order valence-corrected chi connectivity index (χ3v) is 8.34. The van der Waals surface area contributed by atoms with Crippen LogP contribution in [0.2, 0.25) is 0 Å². The van der Waals surface area contributed by atoms with Crippen molar-refractivity contribution in [1.29, 1.82) is 0 Å². The minimum atomic E-state index is 0.0137. The van der Waals surface area contributed by atoms with Crippen molar-refractivity contribution in [2.24, 2.45) is 39.7 Å². The van der Waals surface area contributed by atoms with E-state index < -0.39 is 0 Å². The van der Waals surface area contributed by atoms with Gasteiger partial charge in [0.25, 0.3) is 0 Å². The lowest BCUT2D eigenvalue weighted by Crippen LogP contribution is -2.50. The summed E-state index contributed by atoms with van der Waals surface area (Å²) in [6.45, 7) is 9.11. The first-order chi connectivity index (χ1) is 11.9. The van der Waals surface area contributed by atoms with Crippen molar-refractivity contribution < 1.29 is 14.4 Å². The Morgan fingerprint density at radius 2 is 2.04 bits per heavy atom. The summed E-state index contributed by atoms with van der Waals surface area (Å²) in [5.41, 5.74) is 1.63. The molecule has 0 radical (unpaired) electrons. The number of esters is 1. The van der Waals surface area contributed by atoms with Gasteiger partial charge in [-0.25, -0.2) is 0 Å². The highest BCUT2D eigenvalue weighted by atomic mass is 16.6. The van der Waals surface area contributed by atoms with E-state index in [1.54, 1.807) is 7.11 Å². The van der Waals surface area contributed by atoms with Crippen LogP contribution in [0.25, 0.3) is 0 Å². The second-order valence-corrected chi connectivity index (χ2v) is 9.22. The van der Waals surface area contributed by atoms with Crippen molar-refractivity contribution in [2.45, 2.75) is 64.9 Å². The van der Waals surface area contributed by atoms with E-state index >= 15 is 0 Å². The molecular weight excluding hydrogens is 314 g/mol. The summed E-state index contributed by atoms with van der Waals surface area (Å²) in [5.74, 6) is 1.48. The molecule has 1 unspecified atom stereocenters. The van der Waals surface area contributed by atoms with Gasteiger partial charge in [-0.15, -0.1) is 0 Å². The monoisotopic (exact) mass is 345 g/mol. The smallest absolute Gasteiger partial charge is 0.309 e. The Kier molecular flexibility index (Phi) is 4.01. The number of carbonyl (C=O) groups is 1. The lowest BCUT2D eigenvalue weighted by molar-refractivity contribution is -0.146. The number of fused-ring (bicyclic) bond motifs is 3. The molecule has 4 heteroatoms. The molecule has 4 rings (SSSR count). The number of carbonyl (C=O) groups excluding carboxylic acids is 1. The zero-order chi connectivity index (χ0) is 17.8. The number of hydrogen-bond donors (Lipinski definition) is 0. The van der Waals surface area contributed by atoms with Gasteiger partial charge in [0.15, 0.2) is 0 Å². The molecule has 4 fully saturated rings. The maximum Gasteiger partial charge on any atom is 0.309 e. The lowest BCUT2D eigenvalue weighted by Gasteiger charge is -2.53. The third kappa shape index (κ3) is 2.39. The number of ether oxygens (including phenoxy) is 1. The molecule has 4 nitrogen and oxygen atoms in total. The third-order valence-electron chi connectivity index (χ3n) is 8.34. The summed E-state index contributed by atoms with van der Waals surface area (Å²) in [6, 6.07) is 0. The van der Waals surface area contributed by atoms with Crippen molar-refractivity contribution >= 4 is 12.2 Å². The Morgan fingerprint density at radius 1 is 1.24 bits per heavy atom. The summed E-state index contributed by atoms with van der Waals surface area (Å²) >= 11 is 0. The van der Waals surface area contributed by atoms with Crippen LogP contribution >= 0.6 is 0 Å². The molecule has 1 saturated heterocycles. The molecule has 0 spiro atoms. The molecule has 1 heterocycles. The Balaban J connectivity index is 1.69. The van der Waals surface area contributed by atoms with Crippen LogP contribution in [0.15, 0.2) is 17.3 Å². The predicted octanol–water partition coefficient (Wildman–Crippen LogP) is 4.35. The van der Waals surface area contributed by atoms with Crippen molar-refractivity contribution in [1.82, 2.24) is 0 Å². The zero-order valence-electron chi connectivity index (χ0n) is 15.8. The van der Waals surface area contributed by atoms with E-state index in [4.69, 9.17) is 9.57 Å². The fourth-order valence-electron chi connectivity index (χ4n) is 6.67. The molecule has 4 aliphatic rings. The van der Waals surface area contributed by atoms with Gasteiger partial charge >= 0.3 is 5.97 Å². The lowest BCUT2D eigenvalue weighted by atomic mass is 9.50. The first-order valence-electron chi connectivity index (χ1n) is 9.85. The van der Waals surface area contributed by atoms with Crippen molar-refractivity contribution in [3.63, 3.8) is 0 Å². The standard InChI is InChI=1S/C21H31NO3/c1-13-5-6-16-15(12-22-24-4)17(8-10-20(13,16)2)21(3)9-7-14-11-18(21)19(23)25-14/h12,14-18H,1,5-11H2,2-4H3/b22-12+/t14?,15-,16-,17-,18-,20+,21+/m0/s1. The van der Waals surface area contributed by atoms with Gasteiger partial charge in [0.05, 0.1) is 5.92 Å². The number of allylic oxidation sites excluding steroid dienone is 1. The molecule has 1 aliphatic heterocycles. The molecule has 0 amide bonds. The van der Waals surface area contributed by atoms with Gasteiger partial charge in [-0.3, -0.25) is 4.79 Å². The SMILES string of the molecule is C=C1CC[C@H]2[C@H](/C=N/OC)[C@@H]([C@@]3(C)CCC4C[C@H]3C(=O)O4)CC[C@]12C. The first kappa shape index (κ1) is 17.1. The molecule has 0 aromatic heterocycles. The zero-order valence-corrected chi connectivity index (χ0v) is 15.8. The minimum Gasteiger partial charge on any atom is -0.462 e. The van der Waals surface area contributed by atoms with E-state index in [1.165, 1.54) is 18.4 Å². The van der Waals surface area contributed by atoms with Crippen LogP contribution < -0.4 is 0 Å². The molecular formula is C21H31NO3. The van der Waals surface area contributed by atoms with Gasteiger partial charge in [0, 0.05) is 12.1 Å². The molecule has 138 valence electrons. The van der Waals surface area contributed by atoms with E-state index in [9.17, 15) is 4.79 Å². The molecule has 3 saturated carbocycles. The molecule has 0 aromatic carbocycles. The molecule has 7 atom stereocenters. The van der Waals surface area contributed by atoms with Crippen molar-refractivity contribution in [2.75, 3.05) is 7.11 Å². The Morgan fingerprint density at radius 3 is 2.80 bits per heavy atom. The highest BCUT2D eigenvalue weighted by Crippen LogP contribution is 2.64. The normalized spacial score (nSPS) is 49.3. The molecule has 3 aliphatic carbocycles. The molecule has 0 aromatic rings. The molecule has 0 N–H and O–H groups in total. The van der Waals surface area contributed by atoms with Crippen LogP contribution in [-0.4, -0.2) is 25.4 Å². The average molecular weight is 345 g/mol. The van der Waals surface area contributed by atoms with Crippen LogP contribution in [0.4, 0.5) is 0 Å². The van der Waals surface area contributed by atoms with Gasteiger partial charge in [0.1, 0.15) is 13.2 Å². The highest BCUT2D eigenvalue weighted by Gasteiger charge is 2.60. The fraction of sp³-hybridized carbons (Fsp3) is 0.810. The van der Waals surface area contributed by atoms with Crippen LogP contribution in [-0.2, 0) is 14.4 Å². The summed E-state index contributed by atoms with van der Waals surface area (Å²) in [4.78, 5) is 17.5. The summed E-state index contributed by atoms with van der Waals surface area (Å²) < 4.78 is 5.60. The van der Waals surface area contributed by atoms with Crippen LogP contribution in [0.1, 0.15) is 58.8 Å². The number of nitrogens with zero attached hydrogens (tertiary/aromatic N) is 1. The Labute approximate surface area is 151 Å². The maximum absolute atomic E-state index is 12.5. The summed E-state index contributed by atoms with van der Waals surface area (Å²) in [5, 5.41) is 4.20. The first-order valence-corrected chi connectivity index (χ1v) is 9.85. The Hall–Kier alpha value is -1.32. The van der Waals surface area contributed by atoms with Gasteiger partial charge in [-0.2, -0.15) is 0 Å². The van der Waals surface area contributed by atoms with Crippen LogP contribution in [0, 0.1) is 34.5 Å². The van der Waals surface area contributed by atoms with Gasteiger partial charge < -0.3 is 9.57 Å².